The summed E-state index contributed by atoms with van der Waals surface area (Å²) in [6.45, 7) is 0. The molecule has 0 atom stereocenters. The van der Waals surface area contributed by atoms with Crippen LogP contribution in [0.3, 0.4) is 0 Å². The summed E-state index contributed by atoms with van der Waals surface area (Å²) in [5.41, 5.74) is 10.7. The van der Waals surface area contributed by atoms with Crippen molar-refractivity contribution in [1.82, 2.24) is 4.98 Å². The minimum absolute atomic E-state index is 0.640. The van der Waals surface area contributed by atoms with E-state index in [2.05, 4.69) is 169 Å². The zero-order valence-corrected chi connectivity index (χ0v) is 30.5. The summed E-state index contributed by atoms with van der Waals surface area (Å²) in [6.07, 6.45) is 0. The van der Waals surface area contributed by atoms with Gasteiger partial charge in [-0.2, -0.15) is 0 Å². The molecular weight excluding hydrogens is 689 g/mol. The highest BCUT2D eigenvalue weighted by molar-refractivity contribution is 7.25. The number of hydrogen-bond donors (Lipinski definition) is 0. The predicted octanol–water partition coefficient (Wildman–Crippen LogP) is 15.0. The largest absolute Gasteiger partial charge is 0.436 e. The van der Waals surface area contributed by atoms with Gasteiger partial charge in [-0.05, 0) is 104 Å². The molecule has 0 aliphatic carbocycles. The maximum Gasteiger partial charge on any atom is 0.227 e. The van der Waals surface area contributed by atoms with Crippen LogP contribution < -0.4 is 4.90 Å². The summed E-state index contributed by atoms with van der Waals surface area (Å²) >= 11 is 1.79. The highest BCUT2D eigenvalue weighted by Crippen LogP contribution is 2.44. The summed E-state index contributed by atoms with van der Waals surface area (Å²) < 4.78 is 8.68. The fraction of sp³-hybridized carbons (Fsp3) is 0. The lowest BCUT2D eigenvalue weighted by atomic mass is 9.97. The molecule has 2 aromatic heterocycles. The Balaban J connectivity index is 1.10. The monoisotopic (exact) mass is 720 g/mol. The van der Waals surface area contributed by atoms with Crippen LogP contribution >= 0.6 is 11.3 Å². The van der Waals surface area contributed by atoms with E-state index in [0.717, 1.165) is 33.7 Å². The van der Waals surface area contributed by atoms with Crippen molar-refractivity contribution in [1.29, 1.82) is 0 Å². The molecule has 2 heterocycles. The molecule has 11 aromatic rings. The van der Waals surface area contributed by atoms with Crippen molar-refractivity contribution in [3.63, 3.8) is 0 Å². The van der Waals surface area contributed by atoms with Crippen LogP contribution in [0.1, 0.15) is 0 Å². The predicted molar refractivity (Wildman–Crippen MR) is 233 cm³/mol. The number of thiophene rings is 1. The van der Waals surface area contributed by atoms with Gasteiger partial charge < -0.3 is 9.32 Å². The Hall–Kier alpha value is -7.01. The Kier molecular flexibility index (Phi) is 7.35. The summed E-state index contributed by atoms with van der Waals surface area (Å²) in [5.74, 6) is 0.640. The van der Waals surface area contributed by atoms with Crippen LogP contribution in [-0.2, 0) is 0 Å². The Morgan fingerprint density at radius 3 is 1.62 bits per heavy atom. The van der Waals surface area contributed by atoms with Crippen molar-refractivity contribution in [2.24, 2.45) is 0 Å². The minimum Gasteiger partial charge on any atom is -0.436 e. The van der Waals surface area contributed by atoms with Crippen molar-refractivity contribution in [2.75, 3.05) is 4.90 Å². The fourth-order valence-corrected chi connectivity index (χ4v) is 9.15. The molecule has 0 aliphatic heterocycles. The van der Waals surface area contributed by atoms with E-state index >= 15 is 0 Å². The van der Waals surface area contributed by atoms with Gasteiger partial charge in [0.1, 0.15) is 5.52 Å². The van der Waals surface area contributed by atoms with Crippen LogP contribution in [0, 0.1) is 0 Å². The van der Waals surface area contributed by atoms with Gasteiger partial charge in [0.15, 0.2) is 5.58 Å². The maximum atomic E-state index is 6.27. The Morgan fingerprint density at radius 1 is 0.400 bits per heavy atom. The van der Waals surface area contributed by atoms with Crippen LogP contribution in [-0.4, -0.2) is 4.98 Å². The van der Waals surface area contributed by atoms with Crippen molar-refractivity contribution in [2.45, 2.75) is 0 Å². The lowest BCUT2D eigenvalue weighted by Crippen LogP contribution is -2.10. The van der Waals surface area contributed by atoms with Gasteiger partial charge in [0, 0.05) is 48.9 Å². The van der Waals surface area contributed by atoms with Gasteiger partial charge in [-0.1, -0.05) is 127 Å². The number of oxazole rings is 1. The van der Waals surface area contributed by atoms with Crippen LogP contribution in [0.5, 0.6) is 0 Å². The summed E-state index contributed by atoms with van der Waals surface area (Å²) in [7, 11) is 0. The Labute approximate surface area is 322 Å². The molecule has 0 radical (unpaired) electrons. The zero-order valence-electron chi connectivity index (χ0n) is 29.7. The van der Waals surface area contributed by atoms with E-state index in [0.29, 0.717) is 5.89 Å². The Morgan fingerprint density at radius 2 is 0.945 bits per heavy atom. The second-order valence-corrected chi connectivity index (χ2v) is 15.1. The van der Waals surface area contributed by atoms with Crippen molar-refractivity contribution < 1.29 is 4.42 Å². The van der Waals surface area contributed by atoms with Crippen LogP contribution in [0.4, 0.5) is 17.1 Å². The second kappa shape index (κ2) is 12.8. The molecular formula is C51H32N2OS. The normalized spacial score (nSPS) is 11.6. The second-order valence-electron chi connectivity index (χ2n) is 14.0. The van der Waals surface area contributed by atoms with Crippen LogP contribution in [0.25, 0.3) is 86.5 Å². The van der Waals surface area contributed by atoms with E-state index in [1.165, 1.54) is 64.0 Å². The molecule has 0 unspecified atom stereocenters. The van der Waals surface area contributed by atoms with Gasteiger partial charge >= 0.3 is 0 Å². The lowest BCUT2D eigenvalue weighted by Gasteiger charge is -2.27. The summed E-state index contributed by atoms with van der Waals surface area (Å²) in [4.78, 5) is 7.32. The van der Waals surface area contributed by atoms with E-state index in [4.69, 9.17) is 9.40 Å². The molecule has 0 aliphatic rings. The van der Waals surface area contributed by atoms with E-state index in [1.807, 2.05) is 30.3 Å². The third-order valence-corrected chi connectivity index (χ3v) is 11.8. The maximum absolute atomic E-state index is 6.27. The molecule has 0 N–H and O–H groups in total. The minimum atomic E-state index is 0.640. The first-order valence-electron chi connectivity index (χ1n) is 18.5. The molecule has 3 nitrogen and oxygen atoms in total. The molecule has 0 bridgehead atoms. The summed E-state index contributed by atoms with van der Waals surface area (Å²) in [6, 6.07) is 69.6. The van der Waals surface area contributed by atoms with Crippen LogP contribution in [0.2, 0.25) is 0 Å². The highest BCUT2D eigenvalue weighted by Gasteiger charge is 2.19. The Bertz CT molecular complexity index is 3100. The number of benzene rings is 9. The summed E-state index contributed by atoms with van der Waals surface area (Å²) in [5, 5.41) is 7.33. The molecule has 0 saturated carbocycles. The molecule has 4 heteroatoms. The molecule has 55 heavy (non-hydrogen) atoms. The number of nitrogens with zero attached hydrogens (tertiary/aromatic N) is 2. The number of anilines is 3. The number of hydrogen-bond acceptors (Lipinski definition) is 4. The fourth-order valence-electron chi connectivity index (χ4n) is 8.06. The standard InChI is InChI=1S/C51H32N2OS/c1-2-14-35(15-3-1)51-52-47-31-46-45-30-40(26-27-49(45)55-50(46)32-48(47)54-51)53(38-20-8-18-36(28-38)43-24-10-16-33-12-4-6-22-41(33)43)39-21-9-19-37(29-39)44-25-11-17-34-13-5-7-23-42(34)44/h1-32H. The quantitative estimate of drug-likeness (QED) is 0.171. The zero-order chi connectivity index (χ0) is 36.3. The average Bonchev–Trinajstić information content (AvgIpc) is 3.83. The van der Waals surface area contributed by atoms with E-state index < -0.39 is 0 Å². The third-order valence-electron chi connectivity index (χ3n) is 10.7. The topological polar surface area (TPSA) is 29.3 Å². The molecule has 0 fully saturated rings. The number of aromatic nitrogens is 1. The molecule has 0 spiro atoms. The molecule has 0 saturated heterocycles. The van der Waals surface area contributed by atoms with E-state index in [-0.39, 0.29) is 0 Å². The van der Waals surface area contributed by atoms with Crippen molar-refractivity contribution >= 4 is 81.2 Å². The molecule has 258 valence electrons. The van der Waals surface area contributed by atoms with Crippen molar-refractivity contribution in [3.05, 3.63) is 194 Å². The SMILES string of the molecule is c1ccc(-c2nc3cc4c(cc3o2)sc2ccc(N(c3cccc(-c5cccc6ccccc56)c3)c3cccc(-c5cccc6ccccc56)c3)cc24)cc1. The van der Waals surface area contributed by atoms with Crippen molar-refractivity contribution in [3.8, 4) is 33.7 Å². The van der Waals surface area contributed by atoms with Gasteiger partial charge in [-0.3, -0.25) is 0 Å². The number of rotatable bonds is 6. The average molecular weight is 721 g/mol. The third kappa shape index (κ3) is 5.46. The van der Waals surface area contributed by atoms with Gasteiger partial charge in [0.2, 0.25) is 5.89 Å². The highest BCUT2D eigenvalue weighted by atomic mass is 32.1. The van der Waals surface area contributed by atoms with E-state index in [9.17, 15) is 0 Å². The first-order chi connectivity index (χ1) is 27.2. The van der Waals surface area contributed by atoms with Gasteiger partial charge in [-0.15, -0.1) is 11.3 Å². The smallest absolute Gasteiger partial charge is 0.227 e. The number of fused-ring (bicyclic) bond motifs is 6. The molecule has 9 aromatic carbocycles. The van der Waals surface area contributed by atoms with E-state index in [1.54, 1.807) is 11.3 Å². The molecule has 11 rings (SSSR count). The van der Waals surface area contributed by atoms with Crippen LogP contribution in [0.15, 0.2) is 199 Å². The van der Waals surface area contributed by atoms with Gasteiger partial charge in [0.05, 0.1) is 0 Å². The first kappa shape index (κ1) is 31.5. The lowest BCUT2D eigenvalue weighted by molar-refractivity contribution is 0.620. The van der Waals surface area contributed by atoms with Gasteiger partial charge in [0.25, 0.3) is 0 Å². The van der Waals surface area contributed by atoms with Gasteiger partial charge in [-0.25, -0.2) is 4.98 Å². The molecule has 0 amide bonds. The first-order valence-corrected chi connectivity index (χ1v) is 19.3.